The largest absolute Gasteiger partial charge is 0.360 e. The Bertz CT molecular complexity index is 640. The Morgan fingerprint density at radius 3 is 2.71 bits per heavy atom. The van der Waals surface area contributed by atoms with Gasteiger partial charge in [-0.25, -0.2) is 4.39 Å². The van der Waals surface area contributed by atoms with Gasteiger partial charge < -0.3 is 9.84 Å². The van der Waals surface area contributed by atoms with E-state index in [1.165, 1.54) is 24.3 Å². The van der Waals surface area contributed by atoms with Gasteiger partial charge in [0.1, 0.15) is 11.6 Å². The number of carbonyl (C=O) groups excluding carboxylic acids is 1. The average molecular weight is 310 g/mol. The summed E-state index contributed by atoms with van der Waals surface area (Å²) in [4.78, 5) is 11.7. The maximum absolute atomic E-state index is 12.7. The first-order valence-electron chi connectivity index (χ1n) is 6.35. The van der Waals surface area contributed by atoms with Gasteiger partial charge in [0.25, 0.3) is 0 Å². The molecule has 1 N–H and O–H groups in total. The second-order valence-electron chi connectivity index (χ2n) is 4.53. The number of aromatic nitrogens is 1. The monoisotopic (exact) mass is 310 g/mol. The Morgan fingerprint density at radius 2 is 2.10 bits per heavy atom. The van der Waals surface area contributed by atoms with Gasteiger partial charge in [0, 0.05) is 34.7 Å². The Balaban J connectivity index is 1.75. The number of rotatable bonds is 6. The van der Waals surface area contributed by atoms with Crippen molar-refractivity contribution >= 4 is 22.4 Å². The number of hydrogen-bond acceptors (Lipinski definition) is 4. The maximum Gasteiger partial charge on any atom is 0.225 e. The fraction of sp³-hybridized carbons (Fsp3) is 0.286. The molecule has 1 aromatic heterocycles. The predicted octanol–water partition coefficient (Wildman–Crippen LogP) is 2.40. The number of aryl methyl sites for hydroxylation is 1. The molecule has 1 heterocycles. The number of nitrogens with zero attached hydrogens (tertiary/aromatic N) is 1. The van der Waals surface area contributed by atoms with E-state index in [1.807, 2.05) is 0 Å². The first-order valence-corrected chi connectivity index (χ1v) is 7.84. The SMILES string of the molecule is Cc1cc(C[S@@](=O)CCC(=O)Nc2ccc(F)cc2)on1. The molecule has 21 heavy (non-hydrogen) atoms. The fourth-order valence-corrected chi connectivity index (χ4v) is 2.69. The quantitative estimate of drug-likeness (QED) is 0.889. The summed E-state index contributed by atoms with van der Waals surface area (Å²) in [6.07, 6.45) is 0.122. The highest BCUT2D eigenvalue weighted by atomic mass is 32.2. The summed E-state index contributed by atoms with van der Waals surface area (Å²) in [6, 6.07) is 7.19. The van der Waals surface area contributed by atoms with Gasteiger partial charge in [0.2, 0.25) is 5.91 Å². The Labute approximate surface area is 124 Å². The maximum atomic E-state index is 12.7. The molecule has 2 rings (SSSR count). The molecule has 1 aromatic carbocycles. The molecule has 0 aliphatic rings. The van der Waals surface area contributed by atoms with Crippen molar-refractivity contribution in [2.45, 2.75) is 19.1 Å². The molecule has 1 amide bonds. The third-order valence-electron chi connectivity index (χ3n) is 2.66. The first kappa shape index (κ1) is 15.4. The van der Waals surface area contributed by atoms with Crippen LogP contribution in [0.25, 0.3) is 0 Å². The highest BCUT2D eigenvalue weighted by molar-refractivity contribution is 7.84. The lowest BCUT2D eigenvalue weighted by molar-refractivity contribution is -0.115. The van der Waals surface area contributed by atoms with Gasteiger partial charge in [0.15, 0.2) is 0 Å². The molecule has 0 fully saturated rings. The van der Waals surface area contributed by atoms with Crippen molar-refractivity contribution < 1.29 is 17.9 Å². The van der Waals surface area contributed by atoms with E-state index in [0.29, 0.717) is 11.4 Å². The lowest BCUT2D eigenvalue weighted by Crippen LogP contribution is -2.15. The first-order chi connectivity index (χ1) is 10.0. The van der Waals surface area contributed by atoms with Crippen molar-refractivity contribution in [1.82, 2.24) is 5.16 Å². The summed E-state index contributed by atoms with van der Waals surface area (Å²) in [7, 11) is -1.19. The van der Waals surface area contributed by atoms with Gasteiger partial charge in [-0.05, 0) is 31.2 Å². The van der Waals surface area contributed by atoms with Crippen LogP contribution in [0.1, 0.15) is 17.9 Å². The zero-order valence-electron chi connectivity index (χ0n) is 11.5. The zero-order valence-corrected chi connectivity index (χ0v) is 12.3. The Morgan fingerprint density at radius 1 is 1.38 bits per heavy atom. The number of halogens is 1. The molecule has 0 aliphatic carbocycles. The second-order valence-corrected chi connectivity index (χ2v) is 6.10. The molecule has 112 valence electrons. The van der Waals surface area contributed by atoms with Crippen molar-refractivity contribution in [1.29, 1.82) is 0 Å². The van der Waals surface area contributed by atoms with Crippen LogP contribution in [-0.2, 0) is 21.3 Å². The van der Waals surface area contributed by atoms with Gasteiger partial charge >= 0.3 is 0 Å². The molecule has 0 spiro atoms. The molecule has 0 aliphatic heterocycles. The van der Waals surface area contributed by atoms with E-state index < -0.39 is 10.8 Å². The van der Waals surface area contributed by atoms with Crippen LogP contribution in [-0.4, -0.2) is 21.0 Å². The van der Waals surface area contributed by atoms with E-state index in [-0.39, 0.29) is 29.7 Å². The minimum atomic E-state index is -1.19. The summed E-state index contributed by atoms with van der Waals surface area (Å²) in [5.41, 5.74) is 1.24. The van der Waals surface area contributed by atoms with Crippen LogP contribution in [0, 0.1) is 12.7 Å². The molecule has 0 saturated heterocycles. The highest BCUT2D eigenvalue weighted by Gasteiger charge is 2.10. The standard InChI is InChI=1S/C14H15FN2O3S/c1-10-8-13(20-17-10)9-21(19)7-6-14(18)16-12-4-2-11(15)3-5-12/h2-5,8H,6-7,9H2,1H3,(H,16,18)/t21-/m0/s1. The van der Waals surface area contributed by atoms with Crippen LogP contribution in [0.3, 0.4) is 0 Å². The molecule has 0 unspecified atom stereocenters. The number of amides is 1. The van der Waals surface area contributed by atoms with Gasteiger partial charge in [-0.3, -0.25) is 9.00 Å². The van der Waals surface area contributed by atoms with Gasteiger partial charge in [-0.1, -0.05) is 5.16 Å². The van der Waals surface area contributed by atoms with E-state index in [9.17, 15) is 13.4 Å². The molecule has 7 heteroatoms. The van der Waals surface area contributed by atoms with Crippen LogP contribution in [0.2, 0.25) is 0 Å². The molecule has 5 nitrogen and oxygen atoms in total. The molecule has 0 radical (unpaired) electrons. The molecule has 0 saturated carbocycles. The molecule has 0 bridgehead atoms. The van der Waals surface area contributed by atoms with Gasteiger partial charge in [-0.15, -0.1) is 0 Å². The molecular formula is C14H15FN2O3S. The lowest BCUT2D eigenvalue weighted by Gasteiger charge is -2.04. The minimum Gasteiger partial charge on any atom is -0.360 e. The van der Waals surface area contributed by atoms with E-state index in [4.69, 9.17) is 4.52 Å². The number of nitrogens with one attached hydrogen (secondary N) is 1. The van der Waals surface area contributed by atoms with Crippen LogP contribution in [0.15, 0.2) is 34.9 Å². The zero-order chi connectivity index (χ0) is 15.2. The molecule has 2 aromatic rings. The van der Waals surface area contributed by atoms with Crippen LogP contribution in [0.5, 0.6) is 0 Å². The van der Waals surface area contributed by atoms with E-state index in [0.717, 1.165) is 5.69 Å². The third-order valence-corrected chi connectivity index (χ3v) is 3.93. The Kier molecular flexibility index (Phi) is 5.21. The summed E-state index contributed by atoms with van der Waals surface area (Å²) in [5, 5.41) is 6.33. The van der Waals surface area contributed by atoms with Crippen molar-refractivity contribution in [2.75, 3.05) is 11.1 Å². The normalized spacial score (nSPS) is 12.1. The van der Waals surface area contributed by atoms with Crippen molar-refractivity contribution in [3.8, 4) is 0 Å². The van der Waals surface area contributed by atoms with Gasteiger partial charge in [-0.2, -0.15) is 0 Å². The smallest absolute Gasteiger partial charge is 0.225 e. The van der Waals surface area contributed by atoms with Crippen LogP contribution >= 0.6 is 0 Å². The summed E-state index contributed by atoms with van der Waals surface area (Å²) >= 11 is 0. The summed E-state index contributed by atoms with van der Waals surface area (Å²) in [6.45, 7) is 1.78. The van der Waals surface area contributed by atoms with Crippen molar-refractivity contribution in [3.63, 3.8) is 0 Å². The average Bonchev–Trinajstić information content (AvgIpc) is 2.84. The van der Waals surface area contributed by atoms with Crippen molar-refractivity contribution in [3.05, 3.63) is 47.6 Å². The van der Waals surface area contributed by atoms with E-state index in [2.05, 4.69) is 10.5 Å². The fourth-order valence-electron chi connectivity index (χ4n) is 1.68. The number of anilines is 1. The topological polar surface area (TPSA) is 72.2 Å². The highest BCUT2D eigenvalue weighted by Crippen LogP contribution is 2.09. The van der Waals surface area contributed by atoms with E-state index >= 15 is 0 Å². The Hall–Kier alpha value is -2.02. The lowest BCUT2D eigenvalue weighted by atomic mass is 10.3. The molecule has 1 atom stereocenters. The number of hydrogen-bond donors (Lipinski definition) is 1. The third kappa shape index (κ3) is 5.11. The van der Waals surface area contributed by atoms with E-state index in [1.54, 1.807) is 13.0 Å². The predicted molar refractivity (Wildman–Crippen MR) is 77.6 cm³/mol. The van der Waals surface area contributed by atoms with Crippen LogP contribution < -0.4 is 5.32 Å². The second kappa shape index (κ2) is 7.12. The summed E-state index contributed by atoms with van der Waals surface area (Å²) in [5.74, 6) is 0.391. The van der Waals surface area contributed by atoms with Crippen LogP contribution in [0.4, 0.5) is 10.1 Å². The summed E-state index contributed by atoms with van der Waals surface area (Å²) < 4.78 is 29.5. The number of benzene rings is 1. The van der Waals surface area contributed by atoms with Gasteiger partial charge in [0.05, 0.1) is 11.4 Å². The number of carbonyl (C=O) groups is 1. The minimum absolute atomic E-state index is 0.122. The van der Waals surface area contributed by atoms with Crippen molar-refractivity contribution in [2.24, 2.45) is 0 Å². The molecular weight excluding hydrogens is 295 g/mol.